The van der Waals surface area contributed by atoms with E-state index in [1.54, 1.807) is 0 Å². The molecule has 0 unspecified atom stereocenters. The molecule has 3 rings (SSSR count). The van der Waals surface area contributed by atoms with Crippen molar-refractivity contribution in [2.45, 2.75) is 19.3 Å². The highest BCUT2D eigenvalue weighted by Gasteiger charge is 2.28. The third kappa shape index (κ3) is 4.03. The smallest absolute Gasteiger partial charge is 0.229 e. The van der Waals surface area contributed by atoms with E-state index >= 15 is 0 Å². The number of rotatable bonds is 5. The molecule has 1 aromatic rings. The monoisotopic (exact) mass is 335 g/mol. The zero-order valence-corrected chi connectivity index (χ0v) is 14.0. The number of carbonyl (C=O) groups excluding carboxylic acids is 2. The molecule has 0 bridgehead atoms. The standard InChI is InChI=1S/C17H22ClN3O2/c18-14-3-1-4-15(13-14)20-11-9-19(10-12-20)7-2-8-21-16(22)5-6-17(21)23/h1,3-4,13H,2,5-12H2. The molecule has 0 N–H and O–H groups in total. The third-order valence-electron chi connectivity index (χ3n) is 4.56. The summed E-state index contributed by atoms with van der Waals surface area (Å²) < 4.78 is 0. The molecule has 2 fully saturated rings. The Morgan fingerprint density at radius 3 is 2.30 bits per heavy atom. The molecule has 2 heterocycles. The summed E-state index contributed by atoms with van der Waals surface area (Å²) in [5.41, 5.74) is 1.17. The Morgan fingerprint density at radius 2 is 1.65 bits per heavy atom. The van der Waals surface area contributed by atoms with Gasteiger partial charge in [-0.2, -0.15) is 0 Å². The van der Waals surface area contributed by atoms with Crippen molar-refractivity contribution in [3.63, 3.8) is 0 Å². The van der Waals surface area contributed by atoms with Crippen LogP contribution < -0.4 is 4.90 Å². The number of piperazine rings is 1. The molecule has 0 aliphatic carbocycles. The van der Waals surface area contributed by atoms with Crippen LogP contribution in [0.2, 0.25) is 5.02 Å². The number of hydrogen-bond acceptors (Lipinski definition) is 4. The van der Waals surface area contributed by atoms with Crippen molar-refractivity contribution in [2.24, 2.45) is 0 Å². The van der Waals surface area contributed by atoms with Gasteiger partial charge in [-0.25, -0.2) is 0 Å². The highest BCUT2D eigenvalue weighted by atomic mass is 35.5. The first kappa shape index (κ1) is 16.3. The second kappa shape index (κ2) is 7.32. The molecule has 2 aliphatic rings. The Balaban J connectivity index is 1.41. The number of halogens is 1. The molecule has 2 saturated heterocycles. The molecule has 2 amide bonds. The van der Waals surface area contributed by atoms with Crippen LogP contribution in [-0.2, 0) is 9.59 Å². The lowest BCUT2D eigenvalue weighted by Crippen LogP contribution is -2.47. The van der Waals surface area contributed by atoms with Crippen LogP contribution in [0.1, 0.15) is 19.3 Å². The van der Waals surface area contributed by atoms with E-state index in [0.29, 0.717) is 19.4 Å². The summed E-state index contributed by atoms with van der Waals surface area (Å²) in [6, 6.07) is 7.96. The van der Waals surface area contributed by atoms with Gasteiger partial charge in [0, 0.05) is 56.3 Å². The molecule has 5 nitrogen and oxygen atoms in total. The molecule has 23 heavy (non-hydrogen) atoms. The number of likely N-dealkylation sites (tertiary alicyclic amines) is 1. The van der Waals surface area contributed by atoms with Gasteiger partial charge >= 0.3 is 0 Å². The van der Waals surface area contributed by atoms with Gasteiger partial charge in [0.05, 0.1) is 0 Å². The Bertz CT molecular complexity index is 569. The van der Waals surface area contributed by atoms with Crippen LogP contribution in [0.4, 0.5) is 5.69 Å². The first-order valence-electron chi connectivity index (χ1n) is 8.19. The minimum atomic E-state index is -0.0132. The van der Waals surface area contributed by atoms with Crippen molar-refractivity contribution in [3.8, 4) is 0 Å². The minimum absolute atomic E-state index is 0.0132. The van der Waals surface area contributed by atoms with E-state index in [0.717, 1.165) is 44.2 Å². The molecule has 6 heteroatoms. The molecule has 124 valence electrons. The lowest BCUT2D eigenvalue weighted by Gasteiger charge is -2.36. The fraction of sp³-hybridized carbons (Fsp3) is 0.529. The van der Waals surface area contributed by atoms with Gasteiger partial charge in [0.1, 0.15) is 0 Å². The predicted molar refractivity (Wildman–Crippen MR) is 90.7 cm³/mol. The Labute approximate surface area is 141 Å². The zero-order chi connectivity index (χ0) is 16.2. The van der Waals surface area contributed by atoms with E-state index in [1.807, 2.05) is 18.2 Å². The summed E-state index contributed by atoms with van der Waals surface area (Å²) in [6.45, 7) is 5.43. The normalized spacial score (nSPS) is 19.7. The number of imide groups is 1. The lowest BCUT2D eigenvalue weighted by atomic mass is 10.2. The average molecular weight is 336 g/mol. The maximum atomic E-state index is 11.6. The second-order valence-corrected chi connectivity index (χ2v) is 6.54. The molecule has 0 radical (unpaired) electrons. The summed E-state index contributed by atoms with van der Waals surface area (Å²) >= 11 is 6.05. The highest BCUT2D eigenvalue weighted by Crippen LogP contribution is 2.21. The zero-order valence-electron chi connectivity index (χ0n) is 13.2. The van der Waals surface area contributed by atoms with Crippen molar-refractivity contribution in [3.05, 3.63) is 29.3 Å². The quantitative estimate of drug-likeness (QED) is 0.772. The van der Waals surface area contributed by atoms with Crippen molar-refractivity contribution in [1.29, 1.82) is 0 Å². The van der Waals surface area contributed by atoms with Crippen LogP contribution in [-0.4, -0.2) is 60.9 Å². The molecular weight excluding hydrogens is 314 g/mol. The van der Waals surface area contributed by atoms with Crippen LogP contribution >= 0.6 is 11.6 Å². The van der Waals surface area contributed by atoms with E-state index in [1.165, 1.54) is 10.6 Å². The molecule has 2 aliphatic heterocycles. The molecule has 1 aromatic carbocycles. The van der Waals surface area contributed by atoms with Gasteiger partial charge in [0.2, 0.25) is 11.8 Å². The Hall–Kier alpha value is -1.59. The minimum Gasteiger partial charge on any atom is -0.369 e. The number of hydrogen-bond donors (Lipinski definition) is 0. The molecule has 0 atom stereocenters. The van der Waals surface area contributed by atoms with Gasteiger partial charge in [-0.3, -0.25) is 19.4 Å². The summed E-state index contributed by atoms with van der Waals surface area (Å²) in [7, 11) is 0. The Morgan fingerprint density at radius 1 is 0.957 bits per heavy atom. The largest absolute Gasteiger partial charge is 0.369 e. The number of carbonyl (C=O) groups is 2. The number of anilines is 1. The first-order chi connectivity index (χ1) is 11.1. The number of nitrogens with zero attached hydrogens (tertiary/aromatic N) is 3. The van der Waals surface area contributed by atoms with E-state index in [9.17, 15) is 9.59 Å². The van der Waals surface area contributed by atoms with Crippen molar-refractivity contribution >= 4 is 29.1 Å². The molecular formula is C17H22ClN3O2. The second-order valence-electron chi connectivity index (χ2n) is 6.10. The molecule has 0 spiro atoms. The topological polar surface area (TPSA) is 43.9 Å². The van der Waals surface area contributed by atoms with Gasteiger partial charge in [-0.15, -0.1) is 0 Å². The number of amides is 2. The summed E-state index contributed by atoms with van der Waals surface area (Å²) in [5, 5.41) is 0.768. The van der Waals surface area contributed by atoms with Gasteiger partial charge in [0.15, 0.2) is 0 Å². The predicted octanol–water partition coefficient (Wildman–Crippen LogP) is 2.00. The van der Waals surface area contributed by atoms with Crippen molar-refractivity contribution in [1.82, 2.24) is 9.80 Å². The summed E-state index contributed by atoms with van der Waals surface area (Å²) in [6.07, 6.45) is 1.63. The number of benzene rings is 1. The third-order valence-corrected chi connectivity index (χ3v) is 4.79. The van der Waals surface area contributed by atoms with Gasteiger partial charge in [-0.05, 0) is 31.2 Å². The SMILES string of the molecule is O=C1CCC(=O)N1CCCN1CCN(c2cccc(Cl)c2)CC1. The van der Waals surface area contributed by atoms with Gasteiger partial charge in [-0.1, -0.05) is 17.7 Å². The van der Waals surface area contributed by atoms with Crippen LogP contribution in [0, 0.1) is 0 Å². The molecule has 0 saturated carbocycles. The van der Waals surface area contributed by atoms with Crippen LogP contribution in [0.25, 0.3) is 0 Å². The van der Waals surface area contributed by atoms with Crippen molar-refractivity contribution in [2.75, 3.05) is 44.2 Å². The fourth-order valence-electron chi connectivity index (χ4n) is 3.23. The van der Waals surface area contributed by atoms with Crippen LogP contribution in [0.5, 0.6) is 0 Å². The van der Waals surface area contributed by atoms with Crippen molar-refractivity contribution < 1.29 is 9.59 Å². The van der Waals surface area contributed by atoms with Gasteiger partial charge in [0.25, 0.3) is 0 Å². The first-order valence-corrected chi connectivity index (χ1v) is 8.57. The summed E-state index contributed by atoms with van der Waals surface area (Å²) in [4.78, 5) is 29.3. The van der Waals surface area contributed by atoms with Crippen LogP contribution in [0.3, 0.4) is 0 Å². The van der Waals surface area contributed by atoms with Gasteiger partial charge < -0.3 is 4.90 Å². The fourth-order valence-corrected chi connectivity index (χ4v) is 3.41. The lowest BCUT2D eigenvalue weighted by molar-refractivity contribution is -0.138. The van der Waals surface area contributed by atoms with E-state index < -0.39 is 0 Å². The molecule has 0 aromatic heterocycles. The maximum Gasteiger partial charge on any atom is 0.229 e. The maximum absolute atomic E-state index is 11.6. The highest BCUT2D eigenvalue weighted by molar-refractivity contribution is 6.30. The van der Waals surface area contributed by atoms with E-state index in [2.05, 4.69) is 15.9 Å². The summed E-state index contributed by atoms with van der Waals surface area (Å²) in [5.74, 6) is -0.0263. The van der Waals surface area contributed by atoms with E-state index in [4.69, 9.17) is 11.6 Å². The van der Waals surface area contributed by atoms with E-state index in [-0.39, 0.29) is 11.8 Å². The average Bonchev–Trinajstić information content (AvgIpc) is 2.87. The van der Waals surface area contributed by atoms with Crippen LogP contribution in [0.15, 0.2) is 24.3 Å². The Kier molecular flexibility index (Phi) is 5.18.